The van der Waals surface area contributed by atoms with E-state index in [1.54, 1.807) is 31.2 Å². The van der Waals surface area contributed by atoms with Crippen molar-refractivity contribution in [3.63, 3.8) is 0 Å². The quantitative estimate of drug-likeness (QED) is 0.259. The maximum Gasteiger partial charge on any atom is 0.416 e. The average molecular weight is 502 g/mol. The second-order valence-electron chi connectivity index (χ2n) is 7.92. The van der Waals surface area contributed by atoms with E-state index in [9.17, 15) is 27.9 Å². The number of hydrogen-bond donors (Lipinski definition) is 1. The molecule has 0 aromatic heterocycles. The molecular weight excluding hydrogens is 483 g/mol. The van der Waals surface area contributed by atoms with Gasteiger partial charge in [0, 0.05) is 11.3 Å². The van der Waals surface area contributed by atoms with Crippen molar-refractivity contribution in [2.75, 3.05) is 12.0 Å². The molecule has 4 rings (SSSR count). The van der Waals surface area contributed by atoms with Crippen LogP contribution in [0.4, 0.5) is 18.9 Å². The van der Waals surface area contributed by atoms with E-state index < -0.39 is 35.2 Å². The van der Waals surface area contributed by atoms with Crippen LogP contribution in [0, 0.1) is 6.92 Å². The van der Waals surface area contributed by atoms with Crippen LogP contribution in [0.3, 0.4) is 0 Å². The highest BCUT2D eigenvalue weighted by Crippen LogP contribution is 2.44. The molecular formula is C26H19ClF3NO4. The SMILES string of the molecule is COc1ccc(/C(O)=C2\C(=O)C(=O)N(c3ccc(C(F)(F)F)cc3)C2c2ccccc2C)cc1Cl. The topological polar surface area (TPSA) is 66.8 Å². The van der Waals surface area contributed by atoms with Gasteiger partial charge in [-0.1, -0.05) is 35.9 Å². The lowest BCUT2D eigenvalue weighted by atomic mass is 9.92. The molecule has 0 spiro atoms. The largest absolute Gasteiger partial charge is 0.507 e. The molecule has 9 heteroatoms. The first-order valence-corrected chi connectivity index (χ1v) is 10.8. The van der Waals surface area contributed by atoms with Crippen LogP contribution in [0.2, 0.25) is 5.02 Å². The monoisotopic (exact) mass is 501 g/mol. The van der Waals surface area contributed by atoms with Gasteiger partial charge >= 0.3 is 6.18 Å². The molecule has 1 atom stereocenters. The van der Waals surface area contributed by atoms with Crippen LogP contribution >= 0.6 is 11.6 Å². The molecule has 1 saturated heterocycles. The summed E-state index contributed by atoms with van der Waals surface area (Å²) in [6.07, 6.45) is -4.56. The van der Waals surface area contributed by atoms with Crippen LogP contribution in [0.15, 0.2) is 72.3 Å². The standard InChI is InChI=1S/C26H19ClF3NO4/c1-14-5-3-4-6-18(14)22-21(23(32)15-7-12-20(35-2)19(27)13-15)24(33)25(34)31(22)17-10-8-16(9-11-17)26(28,29)30/h3-13,22,32H,1-2H3/b23-21+. The summed E-state index contributed by atoms with van der Waals surface area (Å²) < 4.78 is 44.4. The number of aryl methyl sites for hydroxylation is 1. The molecule has 35 heavy (non-hydrogen) atoms. The van der Waals surface area contributed by atoms with E-state index in [1.807, 2.05) is 0 Å². The number of hydrogen-bond acceptors (Lipinski definition) is 4. The van der Waals surface area contributed by atoms with Gasteiger partial charge in [0.05, 0.1) is 29.3 Å². The third kappa shape index (κ3) is 4.37. The van der Waals surface area contributed by atoms with E-state index >= 15 is 0 Å². The molecule has 5 nitrogen and oxygen atoms in total. The van der Waals surface area contributed by atoms with Crippen molar-refractivity contribution in [1.29, 1.82) is 0 Å². The molecule has 1 heterocycles. The third-order valence-corrected chi connectivity index (χ3v) is 6.12. The van der Waals surface area contributed by atoms with Crippen LogP contribution in [-0.4, -0.2) is 23.9 Å². The molecule has 3 aromatic carbocycles. The van der Waals surface area contributed by atoms with Gasteiger partial charge in [0.15, 0.2) is 0 Å². The Hall–Kier alpha value is -3.78. The zero-order chi connectivity index (χ0) is 25.5. The Morgan fingerprint density at radius 1 is 1.03 bits per heavy atom. The minimum atomic E-state index is -4.56. The Kier molecular flexibility index (Phi) is 6.34. The van der Waals surface area contributed by atoms with Gasteiger partial charge in [-0.2, -0.15) is 13.2 Å². The molecule has 0 aliphatic carbocycles. The first-order chi connectivity index (χ1) is 16.5. The number of ether oxygens (including phenoxy) is 1. The van der Waals surface area contributed by atoms with E-state index in [4.69, 9.17) is 16.3 Å². The zero-order valence-electron chi connectivity index (χ0n) is 18.6. The minimum Gasteiger partial charge on any atom is -0.507 e. The zero-order valence-corrected chi connectivity index (χ0v) is 19.3. The predicted octanol–water partition coefficient (Wildman–Crippen LogP) is 6.30. The van der Waals surface area contributed by atoms with Gasteiger partial charge in [-0.25, -0.2) is 0 Å². The highest BCUT2D eigenvalue weighted by atomic mass is 35.5. The summed E-state index contributed by atoms with van der Waals surface area (Å²) in [6, 6.07) is 14.2. The number of ketones is 1. The van der Waals surface area contributed by atoms with E-state index in [-0.39, 0.29) is 21.8 Å². The number of methoxy groups -OCH3 is 1. The highest BCUT2D eigenvalue weighted by Gasteiger charge is 2.47. The van der Waals surface area contributed by atoms with E-state index in [0.29, 0.717) is 11.3 Å². The Balaban J connectivity index is 1.92. The van der Waals surface area contributed by atoms with E-state index in [0.717, 1.165) is 34.7 Å². The van der Waals surface area contributed by atoms with Crippen molar-refractivity contribution in [1.82, 2.24) is 0 Å². The number of alkyl halides is 3. The summed E-state index contributed by atoms with van der Waals surface area (Å²) >= 11 is 6.19. The molecule has 1 N–H and O–H groups in total. The number of nitrogens with zero attached hydrogens (tertiary/aromatic N) is 1. The number of carbonyl (C=O) groups is 2. The fraction of sp³-hybridized carbons (Fsp3) is 0.154. The number of aliphatic hydroxyl groups excluding tert-OH is 1. The number of aliphatic hydroxyl groups is 1. The van der Waals surface area contributed by atoms with Crippen molar-refractivity contribution in [2.45, 2.75) is 19.1 Å². The Morgan fingerprint density at radius 2 is 1.69 bits per heavy atom. The number of rotatable bonds is 4. The number of benzene rings is 3. The maximum absolute atomic E-state index is 13.2. The van der Waals surface area contributed by atoms with Gasteiger partial charge in [0.2, 0.25) is 0 Å². The van der Waals surface area contributed by atoms with E-state index in [1.165, 1.54) is 25.3 Å². The molecule has 1 fully saturated rings. The number of amides is 1. The predicted molar refractivity (Wildman–Crippen MR) is 125 cm³/mol. The average Bonchev–Trinajstić information content (AvgIpc) is 3.08. The number of anilines is 1. The minimum absolute atomic E-state index is 0.0835. The van der Waals surface area contributed by atoms with E-state index in [2.05, 4.69) is 0 Å². The molecule has 0 saturated carbocycles. The second kappa shape index (κ2) is 9.11. The van der Waals surface area contributed by atoms with Crippen molar-refractivity contribution < 1.29 is 32.6 Å². The summed E-state index contributed by atoms with van der Waals surface area (Å²) in [7, 11) is 1.43. The number of halogens is 4. The molecule has 1 amide bonds. The van der Waals surface area contributed by atoms with Crippen molar-refractivity contribution in [2.24, 2.45) is 0 Å². The normalized spacial score (nSPS) is 17.7. The maximum atomic E-state index is 13.2. The van der Waals surface area contributed by atoms with Gasteiger partial charge in [0.25, 0.3) is 11.7 Å². The van der Waals surface area contributed by atoms with Gasteiger partial charge in [-0.3, -0.25) is 14.5 Å². The van der Waals surface area contributed by atoms with Crippen LogP contribution in [0.5, 0.6) is 5.75 Å². The van der Waals surface area contributed by atoms with Crippen molar-refractivity contribution in [3.05, 3.63) is 99.6 Å². The smallest absolute Gasteiger partial charge is 0.416 e. The fourth-order valence-electron chi connectivity index (χ4n) is 4.07. The lowest BCUT2D eigenvalue weighted by molar-refractivity contribution is -0.137. The summed E-state index contributed by atoms with van der Waals surface area (Å²) in [5.41, 5.74) is 0.422. The summed E-state index contributed by atoms with van der Waals surface area (Å²) in [6.45, 7) is 1.77. The summed E-state index contributed by atoms with van der Waals surface area (Å²) in [5.74, 6) is -2.05. The van der Waals surface area contributed by atoms with Crippen LogP contribution in [-0.2, 0) is 15.8 Å². The van der Waals surface area contributed by atoms with Crippen LogP contribution < -0.4 is 9.64 Å². The molecule has 0 radical (unpaired) electrons. The highest BCUT2D eigenvalue weighted by molar-refractivity contribution is 6.51. The molecule has 3 aromatic rings. The third-order valence-electron chi connectivity index (χ3n) is 5.83. The fourth-order valence-corrected chi connectivity index (χ4v) is 4.32. The number of Topliss-reactive ketones (excluding diaryl/α,β-unsaturated/α-hetero) is 1. The van der Waals surface area contributed by atoms with Crippen molar-refractivity contribution in [3.8, 4) is 5.75 Å². The van der Waals surface area contributed by atoms with Crippen molar-refractivity contribution >= 4 is 34.7 Å². The lowest BCUT2D eigenvalue weighted by Crippen LogP contribution is -2.29. The molecule has 180 valence electrons. The molecule has 1 aliphatic rings. The van der Waals surface area contributed by atoms with Gasteiger partial charge in [-0.15, -0.1) is 0 Å². The number of carbonyl (C=O) groups excluding carboxylic acids is 2. The Labute approximate surface area is 204 Å². The Bertz CT molecular complexity index is 1350. The Morgan fingerprint density at radius 3 is 2.26 bits per heavy atom. The summed E-state index contributed by atoms with van der Waals surface area (Å²) in [4.78, 5) is 27.4. The molecule has 0 bridgehead atoms. The molecule has 1 aliphatic heterocycles. The van der Waals surface area contributed by atoms with Gasteiger partial charge in [0.1, 0.15) is 11.5 Å². The first-order valence-electron chi connectivity index (χ1n) is 10.4. The second-order valence-corrected chi connectivity index (χ2v) is 8.33. The first kappa shape index (κ1) is 24.3. The van der Waals surface area contributed by atoms with Crippen LogP contribution in [0.1, 0.15) is 28.3 Å². The van der Waals surface area contributed by atoms with Gasteiger partial charge in [-0.05, 0) is 60.5 Å². The van der Waals surface area contributed by atoms with Gasteiger partial charge < -0.3 is 9.84 Å². The van der Waals surface area contributed by atoms with Crippen LogP contribution in [0.25, 0.3) is 5.76 Å². The molecule has 1 unspecified atom stereocenters. The summed E-state index contributed by atoms with van der Waals surface area (Å²) in [5, 5.41) is 11.3. The lowest BCUT2D eigenvalue weighted by Gasteiger charge is -2.27.